The molecule has 1 rings (SSSR count). The van der Waals surface area contributed by atoms with E-state index in [-0.39, 0.29) is 12.2 Å². The molecular formula is C14H29N3O. The quantitative estimate of drug-likeness (QED) is 0.749. The molecule has 1 aliphatic heterocycles. The van der Waals surface area contributed by atoms with Gasteiger partial charge in [0.05, 0.1) is 12.2 Å². The van der Waals surface area contributed by atoms with Crippen LogP contribution in [0, 0.1) is 5.92 Å². The van der Waals surface area contributed by atoms with Gasteiger partial charge in [-0.05, 0) is 45.8 Å². The van der Waals surface area contributed by atoms with Gasteiger partial charge in [0.15, 0.2) is 0 Å². The van der Waals surface area contributed by atoms with Gasteiger partial charge in [0.25, 0.3) is 0 Å². The molecule has 4 heteroatoms. The minimum absolute atomic E-state index is 0.0353. The number of nitrogens with zero attached hydrogens (tertiary/aromatic N) is 2. The second-order valence-electron chi connectivity index (χ2n) is 5.96. The van der Waals surface area contributed by atoms with E-state index in [4.69, 9.17) is 0 Å². The standard InChI is InChI=1S/C14H29N3O/c1-6-12-14(18)17(9-7-8-16(4)5)13(15-12)10-11(2)3/h11-13,15H,6-10H2,1-5H3. The van der Waals surface area contributed by atoms with Crippen LogP contribution in [0.4, 0.5) is 0 Å². The number of hydrogen-bond donors (Lipinski definition) is 1. The third kappa shape index (κ3) is 4.25. The molecule has 0 aliphatic carbocycles. The van der Waals surface area contributed by atoms with E-state index in [2.05, 4.69) is 50.0 Å². The number of amides is 1. The van der Waals surface area contributed by atoms with E-state index in [1.807, 2.05) is 0 Å². The summed E-state index contributed by atoms with van der Waals surface area (Å²) in [7, 11) is 4.15. The second-order valence-corrected chi connectivity index (χ2v) is 5.96. The van der Waals surface area contributed by atoms with Gasteiger partial charge in [-0.3, -0.25) is 10.1 Å². The Bertz CT molecular complexity index is 266. The molecule has 0 saturated carbocycles. The van der Waals surface area contributed by atoms with E-state index < -0.39 is 0 Å². The summed E-state index contributed by atoms with van der Waals surface area (Å²) in [5, 5.41) is 3.47. The van der Waals surface area contributed by atoms with E-state index in [0.29, 0.717) is 11.8 Å². The predicted octanol–water partition coefficient (Wildman–Crippen LogP) is 1.52. The molecule has 0 bridgehead atoms. The Morgan fingerprint density at radius 3 is 2.56 bits per heavy atom. The number of rotatable bonds is 7. The largest absolute Gasteiger partial charge is 0.326 e. The lowest BCUT2D eigenvalue weighted by molar-refractivity contribution is -0.130. The topological polar surface area (TPSA) is 35.6 Å². The van der Waals surface area contributed by atoms with Gasteiger partial charge in [0, 0.05) is 6.54 Å². The number of carbonyl (C=O) groups excluding carboxylic acids is 1. The van der Waals surface area contributed by atoms with Crippen molar-refractivity contribution < 1.29 is 4.79 Å². The molecule has 1 amide bonds. The first-order valence-corrected chi connectivity index (χ1v) is 7.17. The van der Waals surface area contributed by atoms with E-state index in [9.17, 15) is 4.79 Å². The molecule has 4 nitrogen and oxygen atoms in total. The van der Waals surface area contributed by atoms with Crippen molar-refractivity contribution in [1.29, 1.82) is 0 Å². The maximum atomic E-state index is 12.3. The van der Waals surface area contributed by atoms with Crippen molar-refractivity contribution in [3.05, 3.63) is 0 Å². The van der Waals surface area contributed by atoms with Crippen LogP contribution in [0.3, 0.4) is 0 Å². The fraction of sp³-hybridized carbons (Fsp3) is 0.929. The zero-order valence-corrected chi connectivity index (χ0v) is 12.6. The molecule has 1 heterocycles. The van der Waals surface area contributed by atoms with Crippen LogP contribution in [0.5, 0.6) is 0 Å². The third-order valence-corrected chi connectivity index (χ3v) is 3.46. The zero-order valence-electron chi connectivity index (χ0n) is 12.6. The SMILES string of the molecule is CCC1NC(CC(C)C)N(CCCN(C)C)C1=O. The normalized spacial score (nSPS) is 24.6. The van der Waals surface area contributed by atoms with Gasteiger partial charge in [0.2, 0.25) is 5.91 Å². The van der Waals surface area contributed by atoms with E-state index in [1.165, 1.54) is 0 Å². The molecule has 0 aromatic rings. The molecule has 0 aromatic carbocycles. The van der Waals surface area contributed by atoms with Crippen LogP contribution in [-0.4, -0.2) is 55.1 Å². The van der Waals surface area contributed by atoms with Gasteiger partial charge in [-0.25, -0.2) is 0 Å². The Morgan fingerprint density at radius 2 is 2.06 bits per heavy atom. The van der Waals surface area contributed by atoms with Gasteiger partial charge in [-0.1, -0.05) is 20.8 Å². The Hall–Kier alpha value is -0.610. The summed E-state index contributed by atoms with van der Waals surface area (Å²) in [4.78, 5) is 16.5. The molecule has 2 atom stereocenters. The van der Waals surface area contributed by atoms with Crippen molar-refractivity contribution in [2.45, 2.75) is 52.2 Å². The van der Waals surface area contributed by atoms with E-state index in [1.54, 1.807) is 0 Å². The van der Waals surface area contributed by atoms with Gasteiger partial charge in [-0.15, -0.1) is 0 Å². The molecule has 106 valence electrons. The Kier molecular flexibility index (Phi) is 6.09. The lowest BCUT2D eigenvalue weighted by Gasteiger charge is -2.26. The molecule has 1 aliphatic rings. The van der Waals surface area contributed by atoms with Crippen molar-refractivity contribution >= 4 is 5.91 Å². The van der Waals surface area contributed by atoms with Crippen LogP contribution in [0.1, 0.15) is 40.0 Å². The molecule has 1 fully saturated rings. The fourth-order valence-corrected chi connectivity index (χ4v) is 2.50. The molecule has 0 radical (unpaired) electrons. The first-order chi connectivity index (χ1) is 8.45. The van der Waals surface area contributed by atoms with Crippen LogP contribution in [0.2, 0.25) is 0 Å². The fourth-order valence-electron chi connectivity index (χ4n) is 2.50. The van der Waals surface area contributed by atoms with Crippen LogP contribution < -0.4 is 5.32 Å². The maximum absolute atomic E-state index is 12.3. The monoisotopic (exact) mass is 255 g/mol. The van der Waals surface area contributed by atoms with Crippen molar-refractivity contribution in [3.8, 4) is 0 Å². The summed E-state index contributed by atoms with van der Waals surface area (Å²) in [6.45, 7) is 8.41. The third-order valence-electron chi connectivity index (χ3n) is 3.46. The summed E-state index contributed by atoms with van der Waals surface area (Å²) in [5.41, 5.74) is 0. The maximum Gasteiger partial charge on any atom is 0.241 e. The highest BCUT2D eigenvalue weighted by Gasteiger charge is 2.37. The molecule has 0 aromatic heterocycles. The summed E-state index contributed by atoms with van der Waals surface area (Å²) >= 11 is 0. The van der Waals surface area contributed by atoms with Gasteiger partial charge in [0.1, 0.15) is 0 Å². The highest BCUT2D eigenvalue weighted by atomic mass is 16.2. The highest BCUT2D eigenvalue weighted by molar-refractivity contribution is 5.84. The molecule has 1 N–H and O–H groups in total. The minimum atomic E-state index is 0.0353. The molecule has 2 unspecified atom stereocenters. The van der Waals surface area contributed by atoms with Crippen LogP contribution in [0.25, 0.3) is 0 Å². The van der Waals surface area contributed by atoms with E-state index >= 15 is 0 Å². The van der Waals surface area contributed by atoms with Crippen molar-refractivity contribution in [2.24, 2.45) is 5.92 Å². The average Bonchev–Trinajstić information content (AvgIpc) is 2.55. The van der Waals surface area contributed by atoms with Gasteiger partial charge in [-0.2, -0.15) is 0 Å². The zero-order chi connectivity index (χ0) is 13.7. The lowest BCUT2D eigenvalue weighted by atomic mass is 10.1. The first-order valence-electron chi connectivity index (χ1n) is 7.17. The number of hydrogen-bond acceptors (Lipinski definition) is 3. The second kappa shape index (κ2) is 7.10. The Morgan fingerprint density at radius 1 is 1.39 bits per heavy atom. The molecule has 1 saturated heterocycles. The number of nitrogens with one attached hydrogen (secondary N) is 1. The lowest BCUT2D eigenvalue weighted by Crippen LogP contribution is -2.39. The van der Waals surface area contributed by atoms with Crippen LogP contribution >= 0.6 is 0 Å². The summed E-state index contributed by atoms with van der Waals surface area (Å²) in [5.74, 6) is 0.907. The molecule has 0 spiro atoms. The van der Waals surface area contributed by atoms with Gasteiger partial charge >= 0.3 is 0 Å². The smallest absolute Gasteiger partial charge is 0.241 e. The first kappa shape index (κ1) is 15.4. The predicted molar refractivity (Wildman–Crippen MR) is 75.3 cm³/mol. The highest BCUT2D eigenvalue weighted by Crippen LogP contribution is 2.19. The summed E-state index contributed by atoms with van der Waals surface area (Å²) in [6.07, 6.45) is 3.22. The summed E-state index contributed by atoms with van der Waals surface area (Å²) < 4.78 is 0. The molecular weight excluding hydrogens is 226 g/mol. The number of carbonyl (C=O) groups is 1. The van der Waals surface area contributed by atoms with E-state index in [0.717, 1.165) is 32.4 Å². The van der Waals surface area contributed by atoms with Gasteiger partial charge < -0.3 is 9.80 Å². The average molecular weight is 255 g/mol. The van der Waals surface area contributed by atoms with Crippen molar-refractivity contribution in [2.75, 3.05) is 27.2 Å². The minimum Gasteiger partial charge on any atom is -0.326 e. The molecule has 18 heavy (non-hydrogen) atoms. The Labute approximate surface area is 112 Å². The van der Waals surface area contributed by atoms with Crippen molar-refractivity contribution in [3.63, 3.8) is 0 Å². The Balaban J connectivity index is 2.55. The van der Waals surface area contributed by atoms with Crippen LogP contribution in [-0.2, 0) is 4.79 Å². The van der Waals surface area contributed by atoms with Crippen molar-refractivity contribution in [1.82, 2.24) is 15.1 Å². The van der Waals surface area contributed by atoms with Crippen LogP contribution in [0.15, 0.2) is 0 Å². The summed E-state index contributed by atoms with van der Waals surface area (Å²) in [6, 6.07) is 0.0353.